The highest BCUT2D eigenvalue weighted by Crippen LogP contribution is 2.40. The Morgan fingerprint density at radius 2 is 1.52 bits per heavy atom. The van der Waals surface area contributed by atoms with E-state index < -0.39 is 0 Å². The quantitative estimate of drug-likeness (QED) is 0.599. The molecule has 1 saturated carbocycles. The molecule has 0 unspecified atom stereocenters. The molecule has 0 amide bonds. The number of hydrogen-bond acceptors (Lipinski definition) is 1. The summed E-state index contributed by atoms with van der Waals surface area (Å²) in [7, 11) is 2.16. The first-order chi connectivity index (χ1) is 10.9. The predicted molar refractivity (Wildman–Crippen MR) is 101 cm³/mol. The molecule has 0 aromatic heterocycles. The van der Waals surface area contributed by atoms with Crippen molar-refractivity contribution in [3.63, 3.8) is 0 Å². The molecular weight excluding hydrogens is 278 g/mol. The van der Waals surface area contributed by atoms with Crippen molar-refractivity contribution >= 4 is 5.69 Å². The topological polar surface area (TPSA) is 3.24 Å². The third-order valence-electron chi connectivity index (χ3n) is 5.12. The molecule has 0 atom stereocenters. The monoisotopic (exact) mass is 303 g/mol. The molecule has 2 aliphatic rings. The summed E-state index contributed by atoms with van der Waals surface area (Å²) in [6, 6.07) is 8.64. The van der Waals surface area contributed by atoms with E-state index in [0.29, 0.717) is 0 Å². The fourth-order valence-electron chi connectivity index (χ4n) is 3.84. The van der Waals surface area contributed by atoms with Crippen LogP contribution < -0.4 is 4.90 Å². The van der Waals surface area contributed by atoms with Gasteiger partial charge in [-0.1, -0.05) is 43.5 Å². The lowest BCUT2D eigenvalue weighted by atomic mass is 9.80. The summed E-state index contributed by atoms with van der Waals surface area (Å²) in [5.41, 5.74) is 11.5. The minimum atomic E-state index is 0.893. The number of para-hydroxylation sites is 1. The van der Waals surface area contributed by atoms with E-state index in [2.05, 4.69) is 69.8 Å². The second-order valence-electron chi connectivity index (χ2n) is 6.75. The summed E-state index contributed by atoms with van der Waals surface area (Å²) >= 11 is 0. The Kier molecular flexibility index (Phi) is 3.89. The van der Waals surface area contributed by atoms with E-state index >= 15 is 0 Å². The first-order valence-electron chi connectivity index (χ1n) is 8.15. The van der Waals surface area contributed by atoms with Crippen molar-refractivity contribution in [3.05, 3.63) is 88.7 Å². The summed E-state index contributed by atoms with van der Waals surface area (Å²) in [4.78, 5) is 2.32. The van der Waals surface area contributed by atoms with Crippen LogP contribution in [0, 0.1) is 0 Å². The Labute approximate surface area is 140 Å². The van der Waals surface area contributed by atoms with Crippen LogP contribution >= 0.6 is 0 Å². The molecule has 0 radical (unpaired) electrons. The average Bonchev–Trinajstić information content (AvgIpc) is 2.83. The van der Waals surface area contributed by atoms with Crippen molar-refractivity contribution in [1.29, 1.82) is 0 Å². The fourth-order valence-corrected chi connectivity index (χ4v) is 3.84. The zero-order valence-electron chi connectivity index (χ0n) is 14.5. The van der Waals surface area contributed by atoms with Gasteiger partial charge in [0.15, 0.2) is 0 Å². The van der Waals surface area contributed by atoms with Gasteiger partial charge in [0.1, 0.15) is 0 Å². The van der Waals surface area contributed by atoms with E-state index in [1.807, 2.05) is 0 Å². The molecular formula is C22H25N. The van der Waals surface area contributed by atoms with Crippen LogP contribution in [0.4, 0.5) is 5.69 Å². The van der Waals surface area contributed by atoms with Crippen LogP contribution in [0.15, 0.2) is 83.1 Å². The van der Waals surface area contributed by atoms with Crippen LogP contribution in [0.25, 0.3) is 0 Å². The van der Waals surface area contributed by atoms with E-state index in [4.69, 9.17) is 0 Å². The number of rotatable bonds is 1. The minimum absolute atomic E-state index is 0.893. The van der Waals surface area contributed by atoms with Crippen LogP contribution in [0.2, 0.25) is 0 Å². The van der Waals surface area contributed by atoms with Crippen LogP contribution in [0.1, 0.15) is 32.3 Å². The highest BCUT2D eigenvalue weighted by atomic mass is 15.1. The molecule has 1 fully saturated rings. The second-order valence-corrected chi connectivity index (χ2v) is 6.75. The van der Waals surface area contributed by atoms with E-state index in [-0.39, 0.29) is 0 Å². The van der Waals surface area contributed by atoms with Crippen LogP contribution in [-0.2, 0) is 6.42 Å². The van der Waals surface area contributed by atoms with Gasteiger partial charge >= 0.3 is 0 Å². The third kappa shape index (κ3) is 2.61. The first kappa shape index (κ1) is 15.6. The first-order valence-corrected chi connectivity index (χ1v) is 8.15. The summed E-state index contributed by atoms with van der Waals surface area (Å²) in [5, 5.41) is 0. The van der Waals surface area contributed by atoms with Crippen LogP contribution in [-0.4, -0.2) is 7.05 Å². The molecule has 0 spiro atoms. The number of hydrogen-bond donors (Lipinski definition) is 0. The SMILES string of the molecule is C=C1CC(=C)C(=C(C)/C(C)=C2/Cc3ccccc3N2C)C(=C)C1. The van der Waals surface area contributed by atoms with E-state index in [9.17, 15) is 0 Å². The maximum absolute atomic E-state index is 4.27. The van der Waals surface area contributed by atoms with Crippen molar-refractivity contribution in [1.82, 2.24) is 0 Å². The molecule has 0 bridgehead atoms. The largest absolute Gasteiger partial charge is 0.347 e. The van der Waals surface area contributed by atoms with Gasteiger partial charge in [0.05, 0.1) is 0 Å². The number of fused-ring (bicyclic) bond motifs is 1. The Hall–Kier alpha value is -2.28. The van der Waals surface area contributed by atoms with Gasteiger partial charge in [-0.3, -0.25) is 0 Å². The molecule has 1 heteroatoms. The normalized spacial score (nSPS) is 20.0. The number of nitrogens with zero attached hydrogens (tertiary/aromatic N) is 1. The summed E-state index contributed by atoms with van der Waals surface area (Å²) in [6.07, 6.45) is 2.78. The van der Waals surface area contributed by atoms with Crippen LogP contribution in [0.5, 0.6) is 0 Å². The van der Waals surface area contributed by atoms with Gasteiger partial charge in [0.2, 0.25) is 0 Å². The molecule has 1 heterocycles. The second kappa shape index (κ2) is 5.73. The molecule has 1 aromatic rings. The maximum Gasteiger partial charge on any atom is 0.0442 e. The molecule has 1 aliphatic heterocycles. The van der Waals surface area contributed by atoms with Crippen molar-refractivity contribution in [3.8, 4) is 0 Å². The van der Waals surface area contributed by atoms with Crippen molar-refractivity contribution in [2.24, 2.45) is 0 Å². The Balaban J connectivity index is 2.05. The van der Waals surface area contributed by atoms with Gasteiger partial charge in [-0.05, 0) is 66.2 Å². The summed E-state index contributed by atoms with van der Waals surface area (Å²) < 4.78 is 0. The summed E-state index contributed by atoms with van der Waals surface area (Å²) in [6.45, 7) is 17.1. The van der Waals surface area contributed by atoms with Gasteiger partial charge < -0.3 is 4.90 Å². The number of anilines is 1. The molecule has 1 aromatic carbocycles. The van der Waals surface area contributed by atoms with E-state index in [1.165, 1.54) is 39.2 Å². The lowest BCUT2D eigenvalue weighted by Gasteiger charge is -2.26. The van der Waals surface area contributed by atoms with Gasteiger partial charge in [-0.2, -0.15) is 0 Å². The predicted octanol–water partition coefficient (Wildman–Crippen LogP) is 5.73. The molecule has 118 valence electrons. The van der Waals surface area contributed by atoms with E-state index in [1.54, 1.807) is 0 Å². The molecule has 1 nitrogen and oxygen atoms in total. The lowest BCUT2D eigenvalue weighted by Crippen LogP contribution is -2.14. The molecule has 1 aliphatic carbocycles. The number of likely N-dealkylation sites (N-methyl/N-ethyl adjacent to an activating group) is 1. The fraction of sp³-hybridized carbons (Fsp3) is 0.273. The summed E-state index contributed by atoms with van der Waals surface area (Å²) in [5.74, 6) is 0. The highest BCUT2D eigenvalue weighted by Gasteiger charge is 2.25. The smallest absolute Gasteiger partial charge is 0.0442 e. The van der Waals surface area contributed by atoms with E-state index in [0.717, 1.165) is 30.4 Å². The molecule has 0 saturated heterocycles. The molecule has 0 N–H and O–H groups in total. The van der Waals surface area contributed by atoms with Gasteiger partial charge in [-0.15, -0.1) is 0 Å². The zero-order chi connectivity index (χ0) is 16.7. The molecule has 3 rings (SSSR count). The maximum atomic E-state index is 4.27. The molecule has 23 heavy (non-hydrogen) atoms. The third-order valence-corrected chi connectivity index (χ3v) is 5.12. The van der Waals surface area contributed by atoms with Gasteiger partial charge in [0, 0.05) is 24.9 Å². The zero-order valence-corrected chi connectivity index (χ0v) is 14.5. The van der Waals surface area contributed by atoms with Gasteiger partial charge in [-0.25, -0.2) is 0 Å². The lowest BCUT2D eigenvalue weighted by molar-refractivity contribution is 0.954. The van der Waals surface area contributed by atoms with Crippen molar-refractivity contribution < 1.29 is 0 Å². The number of benzene rings is 1. The standard InChI is InChI=1S/C22H25N/c1-14-11-15(2)22(16(3)12-14)18(5)17(4)21-13-19-9-7-8-10-20(19)23(21)6/h7-10H,1-3,11-13H2,4-6H3/b21-17-. The number of allylic oxidation sites excluding steroid dienone is 7. The minimum Gasteiger partial charge on any atom is -0.347 e. The van der Waals surface area contributed by atoms with Crippen LogP contribution in [0.3, 0.4) is 0 Å². The highest BCUT2D eigenvalue weighted by molar-refractivity contribution is 5.67. The van der Waals surface area contributed by atoms with Crippen molar-refractivity contribution in [2.45, 2.75) is 33.1 Å². The Bertz CT molecular complexity index is 764. The van der Waals surface area contributed by atoms with Crippen molar-refractivity contribution in [2.75, 3.05) is 11.9 Å². The Morgan fingerprint density at radius 3 is 2.13 bits per heavy atom. The Morgan fingerprint density at radius 1 is 0.913 bits per heavy atom. The van der Waals surface area contributed by atoms with Gasteiger partial charge in [0.25, 0.3) is 0 Å². The average molecular weight is 303 g/mol.